The number of rotatable bonds is 6. The van der Waals surface area contributed by atoms with Gasteiger partial charge >= 0.3 is 11.9 Å². The summed E-state index contributed by atoms with van der Waals surface area (Å²) >= 11 is 0. The van der Waals surface area contributed by atoms with E-state index in [4.69, 9.17) is 0 Å². The summed E-state index contributed by atoms with van der Waals surface area (Å²) in [6.07, 6.45) is 1.67. The number of hydrogen-bond donors (Lipinski definition) is 2. The molecule has 8 nitrogen and oxygen atoms in total. The lowest BCUT2D eigenvalue weighted by molar-refractivity contribution is 0.0583. The number of piperidine rings is 1. The van der Waals surface area contributed by atoms with Crippen molar-refractivity contribution in [1.82, 2.24) is 10.0 Å². The first-order chi connectivity index (χ1) is 12.2. The molecule has 1 aromatic rings. The second-order valence-electron chi connectivity index (χ2n) is 6.58. The van der Waals surface area contributed by atoms with Crippen molar-refractivity contribution in [2.75, 3.05) is 33.9 Å². The van der Waals surface area contributed by atoms with Crippen LogP contribution in [0.25, 0.3) is 0 Å². The Morgan fingerprint density at radius 3 is 2.30 bits per heavy atom. The molecule has 0 atom stereocenters. The average molecular weight is 421 g/mol. The van der Waals surface area contributed by atoms with Gasteiger partial charge in [-0.25, -0.2) is 22.7 Å². The lowest BCUT2D eigenvalue weighted by Gasteiger charge is -2.34. The summed E-state index contributed by atoms with van der Waals surface area (Å²) in [6.45, 7) is 3.90. The minimum absolute atomic E-state index is 0. The largest absolute Gasteiger partial charge is 0.465 e. The molecule has 0 spiro atoms. The quantitative estimate of drug-likeness (QED) is 0.668. The number of ether oxygens (including phenoxy) is 2. The Hall–Kier alpha value is -1.68. The molecular formula is C17H25ClN2O6S. The van der Waals surface area contributed by atoms with Gasteiger partial charge in [-0.1, -0.05) is 6.92 Å². The molecule has 1 heterocycles. The maximum atomic E-state index is 12.8. The van der Waals surface area contributed by atoms with E-state index < -0.39 is 22.0 Å². The molecule has 1 saturated heterocycles. The number of halogens is 1. The molecule has 27 heavy (non-hydrogen) atoms. The fraction of sp³-hybridized carbons (Fsp3) is 0.529. The summed E-state index contributed by atoms with van der Waals surface area (Å²) in [7, 11) is -1.67. The van der Waals surface area contributed by atoms with Crippen molar-refractivity contribution in [3.63, 3.8) is 0 Å². The van der Waals surface area contributed by atoms with Gasteiger partial charge in [0.25, 0.3) is 0 Å². The van der Waals surface area contributed by atoms with Crippen LogP contribution in [-0.2, 0) is 19.5 Å². The third-order valence-corrected chi connectivity index (χ3v) is 6.04. The third kappa shape index (κ3) is 5.65. The number of esters is 2. The second kappa shape index (κ2) is 9.50. The van der Waals surface area contributed by atoms with Gasteiger partial charge in [0.15, 0.2) is 0 Å². The monoisotopic (exact) mass is 420 g/mol. The van der Waals surface area contributed by atoms with Gasteiger partial charge < -0.3 is 14.8 Å². The molecule has 1 aliphatic heterocycles. The predicted molar refractivity (Wildman–Crippen MR) is 102 cm³/mol. The zero-order valence-corrected chi connectivity index (χ0v) is 17.2. The topological polar surface area (TPSA) is 111 Å². The van der Waals surface area contributed by atoms with E-state index in [0.717, 1.165) is 39.1 Å². The zero-order valence-electron chi connectivity index (χ0n) is 15.5. The highest BCUT2D eigenvalue weighted by Crippen LogP contribution is 2.28. The minimum atomic E-state index is -4.03. The van der Waals surface area contributed by atoms with E-state index >= 15 is 0 Å². The van der Waals surface area contributed by atoms with Crippen LogP contribution < -0.4 is 10.0 Å². The van der Waals surface area contributed by atoms with Crippen LogP contribution in [0.3, 0.4) is 0 Å². The van der Waals surface area contributed by atoms with E-state index in [1.807, 2.05) is 6.92 Å². The van der Waals surface area contributed by atoms with Gasteiger partial charge in [0.05, 0.1) is 30.2 Å². The SMILES string of the molecule is COC(=O)c1ccc(C(=O)OC)c(S(=O)(=O)NCC2(C)CCNCC2)c1.Cl. The van der Waals surface area contributed by atoms with Crippen molar-refractivity contribution in [2.45, 2.75) is 24.7 Å². The molecule has 0 amide bonds. The number of methoxy groups -OCH3 is 2. The second-order valence-corrected chi connectivity index (χ2v) is 8.31. The van der Waals surface area contributed by atoms with Gasteiger partial charge in [-0.3, -0.25) is 0 Å². The molecule has 2 rings (SSSR count). The molecule has 1 aromatic carbocycles. The van der Waals surface area contributed by atoms with Crippen molar-refractivity contribution in [2.24, 2.45) is 5.41 Å². The number of hydrogen-bond acceptors (Lipinski definition) is 7. The van der Waals surface area contributed by atoms with Crippen LogP contribution in [0.4, 0.5) is 0 Å². The van der Waals surface area contributed by atoms with E-state index in [-0.39, 0.29) is 40.4 Å². The molecule has 0 unspecified atom stereocenters. The maximum absolute atomic E-state index is 12.8. The fourth-order valence-electron chi connectivity index (χ4n) is 2.82. The fourth-order valence-corrected chi connectivity index (χ4v) is 4.24. The number of carbonyl (C=O) groups excluding carboxylic acids is 2. The van der Waals surface area contributed by atoms with Crippen molar-refractivity contribution in [3.05, 3.63) is 29.3 Å². The van der Waals surface area contributed by atoms with Gasteiger partial charge in [0.1, 0.15) is 0 Å². The van der Waals surface area contributed by atoms with Crippen LogP contribution in [-0.4, -0.2) is 54.2 Å². The van der Waals surface area contributed by atoms with Crippen molar-refractivity contribution < 1.29 is 27.5 Å². The smallest absolute Gasteiger partial charge is 0.339 e. The Bertz CT molecular complexity index is 791. The number of carbonyl (C=O) groups is 2. The Balaban J connectivity index is 0.00000364. The average Bonchev–Trinajstić information content (AvgIpc) is 2.65. The van der Waals surface area contributed by atoms with Crippen LogP contribution in [0.2, 0.25) is 0 Å². The van der Waals surface area contributed by atoms with E-state index in [2.05, 4.69) is 19.5 Å². The van der Waals surface area contributed by atoms with Gasteiger partial charge in [-0.15, -0.1) is 12.4 Å². The van der Waals surface area contributed by atoms with Crippen LogP contribution in [0.5, 0.6) is 0 Å². The maximum Gasteiger partial charge on any atom is 0.339 e. The van der Waals surface area contributed by atoms with Crippen LogP contribution in [0.15, 0.2) is 23.1 Å². The van der Waals surface area contributed by atoms with Gasteiger partial charge in [-0.05, 0) is 49.5 Å². The summed E-state index contributed by atoms with van der Waals surface area (Å²) < 4.78 is 37.5. The normalized spacial score (nSPS) is 16.1. The van der Waals surface area contributed by atoms with E-state index in [0.29, 0.717) is 0 Å². The summed E-state index contributed by atoms with van der Waals surface area (Å²) in [4.78, 5) is 23.4. The first kappa shape index (κ1) is 23.4. The van der Waals surface area contributed by atoms with Crippen LogP contribution in [0, 0.1) is 5.41 Å². The Morgan fingerprint density at radius 1 is 1.15 bits per heavy atom. The van der Waals surface area contributed by atoms with Crippen molar-refractivity contribution in [3.8, 4) is 0 Å². The molecule has 1 fully saturated rings. The molecule has 2 N–H and O–H groups in total. The summed E-state index contributed by atoms with van der Waals surface area (Å²) in [5, 5.41) is 3.24. The minimum Gasteiger partial charge on any atom is -0.465 e. The highest BCUT2D eigenvalue weighted by Gasteiger charge is 2.31. The summed E-state index contributed by atoms with van der Waals surface area (Å²) in [5.74, 6) is -1.49. The first-order valence-electron chi connectivity index (χ1n) is 8.23. The molecule has 0 aromatic heterocycles. The van der Waals surface area contributed by atoms with Gasteiger partial charge in [0, 0.05) is 6.54 Å². The van der Waals surface area contributed by atoms with Crippen molar-refractivity contribution in [1.29, 1.82) is 0 Å². The molecule has 0 saturated carbocycles. The molecule has 10 heteroatoms. The molecule has 0 radical (unpaired) electrons. The summed E-state index contributed by atoms with van der Waals surface area (Å²) in [6, 6.07) is 3.70. The van der Waals surface area contributed by atoms with Crippen LogP contribution in [0.1, 0.15) is 40.5 Å². The third-order valence-electron chi connectivity index (χ3n) is 4.60. The van der Waals surface area contributed by atoms with Gasteiger partial charge in [-0.2, -0.15) is 0 Å². The number of nitrogens with one attached hydrogen (secondary N) is 2. The zero-order chi connectivity index (χ0) is 19.4. The summed E-state index contributed by atoms with van der Waals surface area (Å²) in [5.41, 5.74) is -0.277. The van der Waals surface area contributed by atoms with E-state index in [1.165, 1.54) is 19.2 Å². The predicted octanol–water partition coefficient (Wildman–Crippen LogP) is 1.35. The molecule has 1 aliphatic rings. The van der Waals surface area contributed by atoms with Crippen LogP contribution >= 0.6 is 12.4 Å². The first-order valence-corrected chi connectivity index (χ1v) is 9.72. The highest BCUT2D eigenvalue weighted by molar-refractivity contribution is 7.89. The van der Waals surface area contributed by atoms with Crippen molar-refractivity contribution >= 4 is 34.4 Å². The molecule has 0 aliphatic carbocycles. The highest BCUT2D eigenvalue weighted by atomic mass is 35.5. The Labute approximate surface area is 165 Å². The number of benzene rings is 1. The lowest BCUT2D eigenvalue weighted by Crippen LogP contribution is -2.43. The Morgan fingerprint density at radius 2 is 1.74 bits per heavy atom. The molecular weight excluding hydrogens is 396 g/mol. The molecule has 152 valence electrons. The molecule has 0 bridgehead atoms. The van der Waals surface area contributed by atoms with Gasteiger partial charge in [0.2, 0.25) is 10.0 Å². The van der Waals surface area contributed by atoms with E-state index in [1.54, 1.807) is 0 Å². The Kier molecular flexibility index (Phi) is 8.22. The van der Waals surface area contributed by atoms with E-state index in [9.17, 15) is 18.0 Å². The standard InChI is InChI=1S/C17H24N2O6S.ClH/c1-17(6-8-18-9-7-17)11-19-26(22,23)14-10-12(15(20)24-2)4-5-13(14)16(21)25-3;/h4-5,10,18-19H,6-9,11H2,1-3H3;1H. The lowest BCUT2D eigenvalue weighted by atomic mass is 9.81. The number of sulfonamides is 1.